The van der Waals surface area contributed by atoms with Crippen LogP contribution in [0.2, 0.25) is 0 Å². The Morgan fingerprint density at radius 2 is 1.49 bits per heavy atom. The van der Waals surface area contributed by atoms with Crippen LogP contribution in [0.1, 0.15) is 5.56 Å². The molecular weight excluding hydrogens is 511 g/mol. The summed E-state index contributed by atoms with van der Waals surface area (Å²) in [7, 11) is 1.55. The van der Waals surface area contributed by atoms with E-state index in [-0.39, 0.29) is 12.5 Å². The molecule has 10 heteroatoms. The summed E-state index contributed by atoms with van der Waals surface area (Å²) >= 11 is 0. The van der Waals surface area contributed by atoms with E-state index in [0.717, 1.165) is 28.9 Å². The van der Waals surface area contributed by atoms with Gasteiger partial charge in [-0.25, -0.2) is 4.68 Å². The number of carbonyl (C=O) groups excluding carboxylic acids is 1. The first-order valence-corrected chi connectivity index (χ1v) is 12.3. The summed E-state index contributed by atoms with van der Waals surface area (Å²) < 4.78 is 56.7. The fourth-order valence-corrected chi connectivity index (χ4v) is 4.25. The van der Waals surface area contributed by atoms with E-state index in [4.69, 9.17) is 14.2 Å². The monoisotopic (exact) mass is 537 g/mol. The van der Waals surface area contributed by atoms with Crippen LogP contribution in [0.25, 0.3) is 28.1 Å². The lowest BCUT2D eigenvalue weighted by molar-refractivity contribution is -0.138. The minimum absolute atomic E-state index is 0.0374. The van der Waals surface area contributed by atoms with E-state index in [9.17, 15) is 18.0 Å². The Labute approximate surface area is 223 Å². The molecule has 202 valence electrons. The van der Waals surface area contributed by atoms with Gasteiger partial charge in [-0.15, -0.1) is 0 Å². The second-order valence-corrected chi connectivity index (χ2v) is 8.91. The highest BCUT2D eigenvalue weighted by atomic mass is 19.4. The fourth-order valence-electron chi connectivity index (χ4n) is 4.25. The molecule has 1 aliphatic rings. The van der Waals surface area contributed by atoms with E-state index < -0.39 is 11.7 Å². The molecule has 0 aliphatic carbocycles. The number of morpholine rings is 1. The number of ether oxygens (including phenoxy) is 3. The van der Waals surface area contributed by atoms with Gasteiger partial charge in [-0.05, 0) is 59.7 Å². The summed E-state index contributed by atoms with van der Waals surface area (Å²) in [5.74, 6) is 1.02. The van der Waals surface area contributed by atoms with Gasteiger partial charge < -0.3 is 19.1 Å². The van der Waals surface area contributed by atoms with Gasteiger partial charge in [0.05, 0.1) is 37.3 Å². The zero-order chi connectivity index (χ0) is 27.4. The maximum absolute atomic E-state index is 12.9. The summed E-state index contributed by atoms with van der Waals surface area (Å²) in [5.41, 5.74) is 3.01. The SMILES string of the molecule is COc1cc(-c2ccc(OCC(=O)N3CCOCC3)cc2)nn1-c1ccc(-c2ccc(C(F)(F)F)cc2)cc1. The Hall–Kier alpha value is -4.31. The van der Waals surface area contributed by atoms with Gasteiger partial charge in [-0.3, -0.25) is 4.79 Å². The average molecular weight is 538 g/mol. The van der Waals surface area contributed by atoms with Crippen molar-refractivity contribution >= 4 is 5.91 Å². The molecular formula is C29H26F3N3O4. The number of alkyl halides is 3. The van der Waals surface area contributed by atoms with Crippen LogP contribution in [-0.2, 0) is 15.7 Å². The molecule has 0 radical (unpaired) electrons. The molecule has 0 saturated carbocycles. The van der Waals surface area contributed by atoms with Crippen LogP contribution in [0.15, 0.2) is 78.9 Å². The van der Waals surface area contributed by atoms with Crippen molar-refractivity contribution in [1.29, 1.82) is 0 Å². The topological polar surface area (TPSA) is 65.8 Å². The maximum atomic E-state index is 12.9. The van der Waals surface area contributed by atoms with Crippen molar-refractivity contribution in [3.05, 3.63) is 84.4 Å². The number of benzene rings is 3. The second kappa shape index (κ2) is 11.2. The quantitative estimate of drug-likeness (QED) is 0.313. The third-order valence-electron chi connectivity index (χ3n) is 6.42. The summed E-state index contributed by atoms with van der Waals surface area (Å²) in [5, 5.41) is 4.68. The predicted octanol–water partition coefficient (Wildman–Crippen LogP) is 5.47. The van der Waals surface area contributed by atoms with Crippen LogP contribution in [-0.4, -0.2) is 60.6 Å². The minimum atomic E-state index is -4.37. The first kappa shape index (κ1) is 26.3. The number of amides is 1. The number of carbonyl (C=O) groups is 1. The van der Waals surface area contributed by atoms with Crippen LogP contribution in [0.5, 0.6) is 11.6 Å². The molecule has 3 aromatic carbocycles. The molecule has 7 nitrogen and oxygen atoms in total. The molecule has 0 N–H and O–H groups in total. The van der Waals surface area contributed by atoms with Crippen molar-refractivity contribution in [1.82, 2.24) is 14.7 Å². The molecule has 0 bridgehead atoms. The summed E-state index contributed by atoms with van der Waals surface area (Å²) in [6.45, 7) is 2.19. The van der Waals surface area contributed by atoms with Crippen molar-refractivity contribution < 1.29 is 32.2 Å². The van der Waals surface area contributed by atoms with Crippen molar-refractivity contribution in [2.45, 2.75) is 6.18 Å². The first-order chi connectivity index (χ1) is 18.8. The molecule has 39 heavy (non-hydrogen) atoms. The largest absolute Gasteiger partial charge is 0.484 e. The van der Waals surface area contributed by atoms with Crippen molar-refractivity contribution in [2.24, 2.45) is 0 Å². The zero-order valence-corrected chi connectivity index (χ0v) is 21.1. The zero-order valence-electron chi connectivity index (χ0n) is 21.1. The molecule has 0 spiro atoms. The van der Waals surface area contributed by atoms with Crippen LogP contribution < -0.4 is 9.47 Å². The number of hydrogen-bond donors (Lipinski definition) is 0. The molecule has 1 fully saturated rings. The van der Waals surface area contributed by atoms with E-state index in [2.05, 4.69) is 5.10 Å². The lowest BCUT2D eigenvalue weighted by atomic mass is 10.0. The number of hydrogen-bond acceptors (Lipinski definition) is 5. The van der Waals surface area contributed by atoms with Crippen molar-refractivity contribution in [3.63, 3.8) is 0 Å². The van der Waals surface area contributed by atoms with Crippen LogP contribution >= 0.6 is 0 Å². The number of rotatable bonds is 7. The Balaban J connectivity index is 1.27. The Morgan fingerprint density at radius 1 is 0.897 bits per heavy atom. The lowest BCUT2D eigenvalue weighted by Crippen LogP contribution is -2.42. The highest BCUT2D eigenvalue weighted by molar-refractivity contribution is 5.78. The van der Waals surface area contributed by atoms with Gasteiger partial charge in [0.15, 0.2) is 6.61 Å². The van der Waals surface area contributed by atoms with E-state index in [1.165, 1.54) is 12.1 Å². The van der Waals surface area contributed by atoms with Gasteiger partial charge in [0.2, 0.25) is 5.88 Å². The highest BCUT2D eigenvalue weighted by Crippen LogP contribution is 2.32. The Bertz CT molecular complexity index is 1410. The molecule has 1 amide bonds. The molecule has 1 aliphatic heterocycles. The average Bonchev–Trinajstić information content (AvgIpc) is 3.41. The van der Waals surface area contributed by atoms with Gasteiger partial charge in [0.25, 0.3) is 5.91 Å². The number of nitrogens with zero attached hydrogens (tertiary/aromatic N) is 3. The third-order valence-corrected chi connectivity index (χ3v) is 6.42. The molecule has 4 aromatic rings. The van der Waals surface area contributed by atoms with Gasteiger partial charge in [-0.1, -0.05) is 24.3 Å². The van der Waals surface area contributed by atoms with Crippen LogP contribution in [0.3, 0.4) is 0 Å². The standard InChI is InChI=1S/C29H26F3N3O4/c1-37-28-18-26(22-6-12-25(13-7-22)39-19-27(36)34-14-16-38-17-15-34)33-35(28)24-10-4-21(5-11-24)20-2-8-23(9-3-20)29(30,31)32/h2-13,18H,14-17,19H2,1H3. The molecule has 5 rings (SSSR count). The number of methoxy groups -OCH3 is 1. The van der Waals surface area contributed by atoms with Crippen LogP contribution in [0, 0.1) is 0 Å². The van der Waals surface area contributed by atoms with E-state index in [1.54, 1.807) is 28.8 Å². The van der Waals surface area contributed by atoms with E-state index >= 15 is 0 Å². The Morgan fingerprint density at radius 3 is 2.08 bits per heavy atom. The molecule has 1 saturated heterocycles. The van der Waals surface area contributed by atoms with Gasteiger partial charge >= 0.3 is 6.18 Å². The minimum Gasteiger partial charge on any atom is -0.484 e. The first-order valence-electron chi connectivity index (χ1n) is 12.3. The molecule has 0 unspecified atom stereocenters. The van der Waals surface area contributed by atoms with Gasteiger partial charge in [0, 0.05) is 24.7 Å². The third kappa shape index (κ3) is 6.06. The summed E-state index contributed by atoms with van der Waals surface area (Å²) in [6.07, 6.45) is -4.37. The number of aromatic nitrogens is 2. The maximum Gasteiger partial charge on any atom is 0.416 e. The summed E-state index contributed by atoms with van der Waals surface area (Å²) in [4.78, 5) is 14.0. The van der Waals surface area contributed by atoms with Crippen LogP contribution in [0.4, 0.5) is 13.2 Å². The lowest BCUT2D eigenvalue weighted by Gasteiger charge is -2.26. The summed E-state index contributed by atoms with van der Waals surface area (Å²) in [6, 6.07) is 21.4. The fraction of sp³-hybridized carbons (Fsp3) is 0.241. The predicted molar refractivity (Wildman–Crippen MR) is 139 cm³/mol. The van der Waals surface area contributed by atoms with E-state index in [0.29, 0.717) is 49.2 Å². The second-order valence-electron chi connectivity index (χ2n) is 8.91. The normalized spacial score (nSPS) is 13.8. The molecule has 0 atom stereocenters. The molecule has 2 heterocycles. The molecule has 1 aromatic heterocycles. The van der Waals surface area contributed by atoms with Crippen molar-refractivity contribution in [3.8, 4) is 39.7 Å². The van der Waals surface area contributed by atoms with Crippen molar-refractivity contribution in [2.75, 3.05) is 40.0 Å². The van der Waals surface area contributed by atoms with E-state index in [1.807, 2.05) is 42.5 Å². The van der Waals surface area contributed by atoms with Gasteiger partial charge in [0.1, 0.15) is 5.75 Å². The highest BCUT2D eigenvalue weighted by Gasteiger charge is 2.30. The Kier molecular flexibility index (Phi) is 7.56. The number of halogens is 3. The smallest absolute Gasteiger partial charge is 0.416 e. The van der Waals surface area contributed by atoms with Gasteiger partial charge in [-0.2, -0.15) is 18.3 Å².